The Labute approximate surface area is 177 Å². The highest BCUT2D eigenvalue weighted by atomic mass is 32.2. The summed E-state index contributed by atoms with van der Waals surface area (Å²) in [5.74, 6) is -0.505. The lowest BCUT2D eigenvalue weighted by atomic mass is 10.1. The second-order valence-electron chi connectivity index (χ2n) is 7.95. The second-order valence-corrected chi connectivity index (χ2v) is 10.1. The number of amides is 2. The molecule has 7 heteroatoms. The number of sulfone groups is 1. The van der Waals surface area contributed by atoms with Crippen molar-refractivity contribution in [3.8, 4) is 0 Å². The number of rotatable bonds is 6. The number of nitrogens with zero attached hydrogens (tertiary/aromatic N) is 1. The molecule has 2 aromatic carbocycles. The van der Waals surface area contributed by atoms with Crippen LogP contribution in [0.2, 0.25) is 0 Å². The highest BCUT2D eigenvalue weighted by Crippen LogP contribution is 2.26. The van der Waals surface area contributed by atoms with E-state index in [2.05, 4.69) is 5.32 Å². The Morgan fingerprint density at radius 2 is 1.80 bits per heavy atom. The van der Waals surface area contributed by atoms with E-state index in [4.69, 9.17) is 0 Å². The Kier molecular flexibility index (Phi) is 5.90. The molecule has 1 saturated heterocycles. The number of nitrogens with one attached hydrogen (secondary N) is 1. The van der Waals surface area contributed by atoms with Crippen LogP contribution in [0.1, 0.15) is 43.2 Å². The maximum Gasteiger partial charge on any atom is 0.226 e. The molecule has 1 heterocycles. The predicted molar refractivity (Wildman–Crippen MR) is 116 cm³/mol. The molecular weight excluding hydrogens is 400 g/mol. The molecule has 6 nitrogen and oxygen atoms in total. The quantitative estimate of drug-likeness (QED) is 0.766. The van der Waals surface area contributed by atoms with Crippen molar-refractivity contribution in [1.82, 2.24) is 0 Å². The summed E-state index contributed by atoms with van der Waals surface area (Å²) in [6, 6.07) is 12.4. The lowest BCUT2D eigenvalue weighted by molar-refractivity contribution is -0.119. The molecule has 1 aliphatic heterocycles. The highest BCUT2D eigenvalue weighted by Gasteiger charge is 2.21. The average molecular weight is 427 g/mol. The summed E-state index contributed by atoms with van der Waals surface area (Å²) < 4.78 is 25.3. The molecule has 1 fully saturated rings. The Morgan fingerprint density at radius 3 is 2.63 bits per heavy atom. The summed E-state index contributed by atoms with van der Waals surface area (Å²) in [7, 11) is -3.52. The predicted octanol–water partition coefficient (Wildman–Crippen LogP) is 3.49. The van der Waals surface area contributed by atoms with E-state index >= 15 is 0 Å². The number of hydrogen-bond acceptors (Lipinski definition) is 4. The molecule has 0 aromatic heterocycles. The SMILES string of the molecule is O=C(CCS(=O)(=O)c1ccc2c(c1)CCC2)Nc1cccc(N2CCCCC2=O)c1. The minimum atomic E-state index is -3.52. The van der Waals surface area contributed by atoms with Gasteiger partial charge < -0.3 is 10.2 Å². The minimum absolute atomic E-state index is 0.0881. The second kappa shape index (κ2) is 8.60. The third kappa shape index (κ3) is 4.56. The molecule has 2 aromatic rings. The van der Waals surface area contributed by atoms with Crippen molar-refractivity contribution >= 4 is 33.0 Å². The normalized spacial score (nSPS) is 16.4. The molecule has 1 aliphatic carbocycles. The monoisotopic (exact) mass is 426 g/mol. The first-order valence-electron chi connectivity index (χ1n) is 10.5. The van der Waals surface area contributed by atoms with E-state index in [1.54, 1.807) is 35.2 Å². The Hall–Kier alpha value is -2.67. The molecule has 0 spiro atoms. The topological polar surface area (TPSA) is 83.6 Å². The lowest BCUT2D eigenvalue weighted by Gasteiger charge is -2.27. The molecule has 1 N–H and O–H groups in total. The van der Waals surface area contributed by atoms with Crippen molar-refractivity contribution in [1.29, 1.82) is 0 Å². The van der Waals surface area contributed by atoms with Gasteiger partial charge in [0, 0.05) is 30.8 Å². The first-order valence-corrected chi connectivity index (χ1v) is 12.1. The minimum Gasteiger partial charge on any atom is -0.326 e. The summed E-state index contributed by atoms with van der Waals surface area (Å²) in [6.45, 7) is 0.676. The van der Waals surface area contributed by atoms with Crippen LogP contribution in [0.4, 0.5) is 11.4 Å². The number of carbonyl (C=O) groups is 2. The van der Waals surface area contributed by atoms with Gasteiger partial charge in [-0.3, -0.25) is 9.59 Å². The number of benzene rings is 2. The van der Waals surface area contributed by atoms with Crippen LogP contribution in [0.25, 0.3) is 0 Å². The van der Waals surface area contributed by atoms with Gasteiger partial charge in [-0.1, -0.05) is 12.1 Å². The Bertz CT molecular complexity index is 1080. The van der Waals surface area contributed by atoms with Gasteiger partial charge in [0.2, 0.25) is 11.8 Å². The van der Waals surface area contributed by atoms with Crippen molar-refractivity contribution in [2.45, 2.75) is 49.8 Å². The molecular formula is C23H26N2O4S. The van der Waals surface area contributed by atoms with Crippen LogP contribution in [0.5, 0.6) is 0 Å². The maximum absolute atomic E-state index is 12.7. The molecule has 0 atom stereocenters. The molecule has 2 amide bonds. The number of hydrogen-bond donors (Lipinski definition) is 1. The number of fused-ring (bicyclic) bond motifs is 1. The fraction of sp³-hybridized carbons (Fsp3) is 0.391. The zero-order valence-electron chi connectivity index (χ0n) is 16.9. The molecule has 0 unspecified atom stereocenters. The fourth-order valence-electron chi connectivity index (χ4n) is 4.14. The molecule has 4 rings (SSSR count). The molecule has 30 heavy (non-hydrogen) atoms. The Morgan fingerprint density at radius 1 is 0.967 bits per heavy atom. The molecule has 0 bridgehead atoms. The van der Waals surface area contributed by atoms with E-state index in [1.807, 2.05) is 12.1 Å². The van der Waals surface area contributed by atoms with Crippen molar-refractivity contribution in [3.05, 3.63) is 53.6 Å². The van der Waals surface area contributed by atoms with Crippen molar-refractivity contribution in [2.75, 3.05) is 22.5 Å². The molecule has 0 radical (unpaired) electrons. The van der Waals surface area contributed by atoms with Crippen molar-refractivity contribution < 1.29 is 18.0 Å². The van der Waals surface area contributed by atoms with Crippen LogP contribution in [0.15, 0.2) is 47.4 Å². The van der Waals surface area contributed by atoms with Crippen LogP contribution in [0.3, 0.4) is 0 Å². The van der Waals surface area contributed by atoms with E-state index in [0.717, 1.165) is 43.4 Å². The van der Waals surface area contributed by atoms with Gasteiger partial charge in [0.1, 0.15) is 0 Å². The van der Waals surface area contributed by atoms with Crippen LogP contribution in [0, 0.1) is 0 Å². The van der Waals surface area contributed by atoms with Gasteiger partial charge in [0.25, 0.3) is 0 Å². The summed E-state index contributed by atoms with van der Waals surface area (Å²) >= 11 is 0. The van der Waals surface area contributed by atoms with Crippen LogP contribution < -0.4 is 10.2 Å². The zero-order valence-corrected chi connectivity index (χ0v) is 17.7. The molecule has 2 aliphatic rings. The van der Waals surface area contributed by atoms with E-state index in [1.165, 1.54) is 5.56 Å². The number of carbonyl (C=O) groups excluding carboxylic acids is 2. The van der Waals surface area contributed by atoms with E-state index in [0.29, 0.717) is 23.5 Å². The standard InChI is InChI=1S/C23H26N2O4S/c26-22(12-14-30(28,29)21-11-10-17-5-3-6-18(17)15-21)24-19-7-4-8-20(16-19)25-13-2-1-9-23(25)27/h4,7-8,10-11,15-16H,1-3,5-6,9,12-14H2,(H,24,26). The van der Waals surface area contributed by atoms with Gasteiger partial charge >= 0.3 is 0 Å². The van der Waals surface area contributed by atoms with Crippen LogP contribution >= 0.6 is 0 Å². The first-order chi connectivity index (χ1) is 14.4. The zero-order chi connectivity index (χ0) is 21.1. The van der Waals surface area contributed by atoms with Crippen molar-refractivity contribution in [3.63, 3.8) is 0 Å². The number of aryl methyl sites for hydroxylation is 2. The summed E-state index contributed by atoms with van der Waals surface area (Å²) in [4.78, 5) is 26.5. The molecule has 158 valence electrons. The van der Waals surface area contributed by atoms with E-state index < -0.39 is 9.84 Å². The van der Waals surface area contributed by atoms with Gasteiger partial charge in [-0.2, -0.15) is 0 Å². The summed E-state index contributed by atoms with van der Waals surface area (Å²) in [6.07, 6.45) is 5.26. The smallest absolute Gasteiger partial charge is 0.226 e. The largest absolute Gasteiger partial charge is 0.326 e. The van der Waals surface area contributed by atoms with Crippen molar-refractivity contribution in [2.24, 2.45) is 0 Å². The fourth-order valence-corrected chi connectivity index (χ4v) is 5.43. The first kappa shape index (κ1) is 20.6. The van der Waals surface area contributed by atoms with Gasteiger partial charge in [-0.15, -0.1) is 0 Å². The third-order valence-electron chi connectivity index (χ3n) is 5.79. The highest BCUT2D eigenvalue weighted by molar-refractivity contribution is 7.91. The van der Waals surface area contributed by atoms with Crippen LogP contribution in [-0.4, -0.2) is 32.5 Å². The third-order valence-corrected chi connectivity index (χ3v) is 7.51. The number of piperidine rings is 1. The van der Waals surface area contributed by atoms with Gasteiger partial charge in [0.15, 0.2) is 9.84 Å². The number of anilines is 2. The Balaban J connectivity index is 1.38. The average Bonchev–Trinajstić information content (AvgIpc) is 3.21. The van der Waals surface area contributed by atoms with E-state index in [-0.39, 0.29) is 24.0 Å². The summed E-state index contributed by atoms with van der Waals surface area (Å²) in [5.41, 5.74) is 3.64. The lowest BCUT2D eigenvalue weighted by Crippen LogP contribution is -2.35. The van der Waals surface area contributed by atoms with E-state index in [9.17, 15) is 18.0 Å². The van der Waals surface area contributed by atoms with Gasteiger partial charge in [0.05, 0.1) is 10.6 Å². The maximum atomic E-state index is 12.7. The molecule has 0 saturated carbocycles. The van der Waals surface area contributed by atoms with Crippen LogP contribution in [-0.2, 0) is 32.3 Å². The van der Waals surface area contributed by atoms with Gasteiger partial charge in [-0.05, 0) is 73.6 Å². The van der Waals surface area contributed by atoms with Gasteiger partial charge in [-0.25, -0.2) is 8.42 Å². The summed E-state index contributed by atoms with van der Waals surface area (Å²) in [5, 5.41) is 2.76.